The van der Waals surface area contributed by atoms with E-state index in [-0.39, 0.29) is 10.8 Å². The minimum Gasteiger partial charge on any atom is -0.494 e. The molecule has 1 amide bonds. The summed E-state index contributed by atoms with van der Waals surface area (Å²) in [6, 6.07) is 12.9. The number of carbonyl (C=O) groups excluding carboxylic acids is 1. The Balaban J connectivity index is 1.95. The van der Waals surface area contributed by atoms with Crippen molar-refractivity contribution in [2.75, 3.05) is 19.0 Å². The maximum Gasteiger partial charge on any atom is 0.255 e. The van der Waals surface area contributed by atoms with Crippen LogP contribution in [0, 0.1) is 0 Å². The average molecular weight is 376 g/mol. The number of nitrogens with one attached hydrogen (secondary N) is 2. The number of unbranched alkanes of at least 4 members (excludes halogenated alkanes) is 2. The number of anilines is 1. The van der Waals surface area contributed by atoms with Crippen LogP contribution in [0.1, 0.15) is 36.5 Å². The first kappa shape index (κ1) is 19.9. The van der Waals surface area contributed by atoms with Crippen molar-refractivity contribution in [1.29, 1.82) is 0 Å². The van der Waals surface area contributed by atoms with Gasteiger partial charge in [0.1, 0.15) is 5.75 Å². The summed E-state index contributed by atoms with van der Waals surface area (Å²) in [5.74, 6) is 0.464. The van der Waals surface area contributed by atoms with Gasteiger partial charge < -0.3 is 10.1 Å². The van der Waals surface area contributed by atoms with Crippen LogP contribution in [0.15, 0.2) is 53.4 Å². The first-order valence-corrected chi connectivity index (χ1v) is 10.0. The quantitative estimate of drug-likeness (QED) is 0.657. The average Bonchev–Trinajstić information content (AvgIpc) is 2.66. The summed E-state index contributed by atoms with van der Waals surface area (Å²) < 4.78 is 31.2. The molecule has 0 radical (unpaired) electrons. The van der Waals surface area contributed by atoms with E-state index in [4.69, 9.17) is 4.74 Å². The maximum absolute atomic E-state index is 12.3. The van der Waals surface area contributed by atoms with Gasteiger partial charge in [-0.25, -0.2) is 13.1 Å². The van der Waals surface area contributed by atoms with Crippen LogP contribution in [0.4, 0.5) is 5.69 Å². The fraction of sp³-hybridized carbons (Fsp3) is 0.316. The van der Waals surface area contributed by atoms with Crippen LogP contribution < -0.4 is 14.8 Å². The zero-order valence-electron chi connectivity index (χ0n) is 15.0. The van der Waals surface area contributed by atoms with Gasteiger partial charge in [-0.1, -0.05) is 19.8 Å². The van der Waals surface area contributed by atoms with Gasteiger partial charge in [-0.3, -0.25) is 4.79 Å². The van der Waals surface area contributed by atoms with E-state index >= 15 is 0 Å². The SMILES string of the molecule is CCCCCOc1ccc(C(=O)Nc2ccc(S(=O)(=O)NC)cc2)cc1. The molecule has 2 rings (SSSR count). The van der Waals surface area contributed by atoms with Crippen LogP contribution in [0.3, 0.4) is 0 Å². The molecule has 140 valence electrons. The van der Waals surface area contributed by atoms with Gasteiger partial charge in [-0.2, -0.15) is 0 Å². The molecule has 7 heteroatoms. The summed E-state index contributed by atoms with van der Waals surface area (Å²) in [6.07, 6.45) is 3.29. The summed E-state index contributed by atoms with van der Waals surface area (Å²) in [5.41, 5.74) is 1.02. The number of carbonyl (C=O) groups is 1. The minimum absolute atomic E-state index is 0.141. The molecule has 6 nitrogen and oxygen atoms in total. The van der Waals surface area contributed by atoms with Crippen molar-refractivity contribution >= 4 is 21.6 Å². The van der Waals surface area contributed by atoms with E-state index in [1.807, 2.05) is 0 Å². The highest BCUT2D eigenvalue weighted by Crippen LogP contribution is 2.17. The maximum atomic E-state index is 12.3. The lowest BCUT2D eigenvalue weighted by Crippen LogP contribution is -2.18. The molecule has 0 spiro atoms. The lowest BCUT2D eigenvalue weighted by atomic mass is 10.2. The van der Waals surface area contributed by atoms with E-state index in [2.05, 4.69) is 17.0 Å². The second-order valence-corrected chi connectivity index (χ2v) is 7.65. The Morgan fingerprint density at radius 1 is 1.00 bits per heavy atom. The van der Waals surface area contributed by atoms with E-state index in [0.29, 0.717) is 17.9 Å². The molecule has 2 aromatic rings. The van der Waals surface area contributed by atoms with Gasteiger partial charge in [0.15, 0.2) is 0 Å². The highest BCUT2D eigenvalue weighted by atomic mass is 32.2. The number of ether oxygens (including phenoxy) is 1. The molecule has 0 aromatic heterocycles. The summed E-state index contributed by atoms with van der Waals surface area (Å²) in [5, 5.41) is 2.74. The molecule has 0 fully saturated rings. The first-order chi connectivity index (χ1) is 12.5. The van der Waals surface area contributed by atoms with Gasteiger partial charge >= 0.3 is 0 Å². The number of rotatable bonds is 9. The molecule has 0 saturated heterocycles. The molecule has 0 saturated carbocycles. The first-order valence-electron chi connectivity index (χ1n) is 8.54. The van der Waals surface area contributed by atoms with Crippen molar-refractivity contribution in [3.8, 4) is 5.75 Å². The van der Waals surface area contributed by atoms with E-state index in [1.165, 1.54) is 19.2 Å². The molecule has 0 atom stereocenters. The van der Waals surface area contributed by atoms with Crippen LogP contribution >= 0.6 is 0 Å². The molecule has 0 unspecified atom stereocenters. The molecule has 26 heavy (non-hydrogen) atoms. The molecule has 2 aromatic carbocycles. The minimum atomic E-state index is -3.49. The van der Waals surface area contributed by atoms with E-state index < -0.39 is 10.0 Å². The van der Waals surface area contributed by atoms with Crippen LogP contribution in [-0.4, -0.2) is 28.0 Å². The van der Waals surface area contributed by atoms with Crippen molar-refractivity contribution in [3.05, 3.63) is 54.1 Å². The third-order valence-corrected chi connectivity index (χ3v) is 5.25. The van der Waals surface area contributed by atoms with Gasteiger partial charge in [0.25, 0.3) is 5.91 Å². The predicted octanol–water partition coefficient (Wildman–Crippen LogP) is 3.42. The Labute approximate surface area is 154 Å². The molecule has 0 aliphatic carbocycles. The second kappa shape index (κ2) is 9.35. The fourth-order valence-corrected chi connectivity index (χ4v) is 3.01. The molecular formula is C19H24N2O4S. The smallest absolute Gasteiger partial charge is 0.255 e. The zero-order chi connectivity index (χ0) is 19.0. The fourth-order valence-electron chi connectivity index (χ4n) is 2.28. The van der Waals surface area contributed by atoms with Gasteiger partial charge in [-0.05, 0) is 62.0 Å². The number of amides is 1. The largest absolute Gasteiger partial charge is 0.494 e. The highest BCUT2D eigenvalue weighted by molar-refractivity contribution is 7.89. The normalized spacial score (nSPS) is 11.2. The van der Waals surface area contributed by atoms with Gasteiger partial charge in [-0.15, -0.1) is 0 Å². The third kappa shape index (κ3) is 5.57. The summed E-state index contributed by atoms with van der Waals surface area (Å²) in [6.45, 7) is 2.81. The standard InChI is InChI=1S/C19H24N2O4S/c1-3-4-5-14-25-17-10-6-15(7-11-17)19(22)21-16-8-12-18(13-9-16)26(23,24)20-2/h6-13,20H,3-5,14H2,1-2H3,(H,21,22). The molecule has 0 heterocycles. The van der Waals surface area contributed by atoms with E-state index in [9.17, 15) is 13.2 Å². The molecule has 0 aliphatic rings. The van der Waals surface area contributed by atoms with Gasteiger partial charge in [0.05, 0.1) is 11.5 Å². The Morgan fingerprint density at radius 2 is 1.65 bits per heavy atom. The number of hydrogen-bond acceptors (Lipinski definition) is 4. The molecule has 0 bridgehead atoms. The molecule has 0 aliphatic heterocycles. The predicted molar refractivity (Wildman–Crippen MR) is 102 cm³/mol. The Morgan fingerprint density at radius 3 is 2.23 bits per heavy atom. The highest BCUT2D eigenvalue weighted by Gasteiger charge is 2.11. The number of sulfonamides is 1. The molecular weight excluding hydrogens is 352 g/mol. The number of benzene rings is 2. The Hall–Kier alpha value is -2.38. The topological polar surface area (TPSA) is 84.5 Å². The van der Waals surface area contributed by atoms with Gasteiger partial charge in [0.2, 0.25) is 10.0 Å². The molecule has 2 N–H and O–H groups in total. The van der Waals surface area contributed by atoms with Crippen LogP contribution in [-0.2, 0) is 10.0 Å². The summed E-state index contributed by atoms with van der Waals surface area (Å²) in [7, 11) is -2.14. The summed E-state index contributed by atoms with van der Waals surface area (Å²) >= 11 is 0. The van der Waals surface area contributed by atoms with Crippen molar-refractivity contribution < 1.29 is 17.9 Å². The second-order valence-electron chi connectivity index (χ2n) is 5.77. The van der Waals surface area contributed by atoms with Crippen molar-refractivity contribution in [2.24, 2.45) is 0 Å². The van der Waals surface area contributed by atoms with Crippen LogP contribution in [0.2, 0.25) is 0 Å². The zero-order valence-corrected chi connectivity index (χ0v) is 15.8. The van der Waals surface area contributed by atoms with Crippen molar-refractivity contribution in [2.45, 2.75) is 31.1 Å². The lowest BCUT2D eigenvalue weighted by molar-refractivity contribution is 0.102. The van der Waals surface area contributed by atoms with Gasteiger partial charge in [0, 0.05) is 11.3 Å². The third-order valence-electron chi connectivity index (χ3n) is 3.82. The van der Waals surface area contributed by atoms with Crippen molar-refractivity contribution in [3.63, 3.8) is 0 Å². The van der Waals surface area contributed by atoms with E-state index in [1.54, 1.807) is 36.4 Å². The Bertz CT molecular complexity index is 816. The van der Waals surface area contributed by atoms with Crippen LogP contribution in [0.5, 0.6) is 5.75 Å². The summed E-state index contributed by atoms with van der Waals surface area (Å²) in [4.78, 5) is 12.4. The van der Waals surface area contributed by atoms with Crippen molar-refractivity contribution in [1.82, 2.24) is 4.72 Å². The van der Waals surface area contributed by atoms with E-state index in [0.717, 1.165) is 25.0 Å². The monoisotopic (exact) mass is 376 g/mol. The Kier molecular flexibility index (Phi) is 7.17. The number of hydrogen-bond donors (Lipinski definition) is 2. The van der Waals surface area contributed by atoms with Crippen LogP contribution in [0.25, 0.3) is 0 Å². The lowest BCUT2D eigenvalue weighted by Gasteiger charge is -2.08.